The number of rotatable bonds is 3. The predicted octanol–water partition coefficient (Wildman–Crippen LogP) is 3.61. The van der Waals surface area contributed by atoms with Gasteiger partial charge in [0.05, 0.1) is 38.0 Å². The van der Waals surface area contributed by atoms with E-state index >= 15 is 0 Å². The van der Waals surface area contributed by atoms with Gasteiger partial charge in [0.1, 0.15) is 5.75 Å². The van der Waals surface area contributed by atoms with Gasteiger partial charge in [0.25, 0.3) is 5.91 Å². The first kappa shape index (κ1) is 16.5. The maximum absolute atomic E-state index is 13.2. The molecular formula is C20H23NO3. The lowest BCUT2D eigenvalue weighted by atomic mass is 10.0. The normalized spacial score (nSPS) is 20.7. The van der Waals surface area contributed by atoms with Crippen LogP contribution in [0, 0.1) is 0 Å². The second-order valence-corrected chi connectivity index (χ2v) is 6.23. The molecule has 1 amide bonds. The molecule has 1 fully saturated rings. The van der Waals surface area contributed by atoms with Crippen molar-refractivity contribution in [3.63, 3.8) is 0 Å². The Morgan fingerprint density at radius 2 is 1.71 bits per heavy atom. The van der Waals surface area contributed by atoms with Crippen molar-refractivity contribution in [1.82, 2.24) is 4.90 Å². The third-order valence-electron chi connectivity index (χ3n) is 4.44. The summed E-state index contributed by atoms with van der Waals surface area (Å²) in [5, 5.41) is 0. The molecule has 0 radical (unpaired) electrons. The molecule has 1 aliphatic heterocycles. The standard InChI is InChI=1S/C20H23NO3/c1-14-12-24-13-15(2)21(14)20(22)18-11-17(9-10-19(18)23-3)16-7-5-4-6-8-16/h4-11,14-15H,12-13H2,1-3H3. The zero-order chi connectivity index (χ0) is 17.1. The summed E-state index contributed by atoms with van der Waals surface area (Å²) in [6.07, 6.45) is 0. The van der Waals surface area contributed by atoms with Gasteiger partial charge in [0.2, 0.25) is 0 Å². The van der Waals surface area contributed by atoms with Crippen molar-refractivity contribution < 1.29 is 14.3 Å². The molecule has 2 unspecified atom stereocenters. The minimum absolute atomic E-state index is 0.00655. The first-order chi connectivity index (χ1) is 11.6. The number of hydrogen-bond acceptors (Lipinski definition) is 3. The van der Waals surface area contributed by atoms with Crippen LogP contribution in [0.3, 0.4) is 0 Å². The van der Waals surface area contributed by atoms with Crippen LogP contribution < -0.4 is 4.74 Å². The fourth-order valence-electron chi connectivity index (χ4n) is 3.23. The number of carbonyl (C=O) groups is 1. The van der Waals surface area contributed by atoms with E-state index in [1.807, 2.05) is 67.3 Å². The quantitative estimate of drug-likeness (QED) is 0.865. The van der Waals surface area contributed by atoms with Crippen LogP contribution >= 0.6 is 0 Å². The first-order valence-electron chi connectivity index (χ1n) is 8.25. The highest BCUT2D eigenvalue weighted by Gasteiger charge is 2.31. The third kappa shape index (κ3) is 3.15. The Labute approximate surface area is 143 Å². The fraction of sp³-hybridized carbons (Fsp3) is 0.350. The topological polar surface area (TPSA) is 38.8 Å². The molecule has 1 saturated heterocycles. The Hall–Kier alpha value is -2.33. The van der Waals surface area contributed by atoms with E-state index in [0.29, 0.717) is 24.5 Å². The number of nitrogens with zero attached hydrogens (tertiary/aromatic N) is 1. The smallest absolute Gasteiger partial charge is 0.258 e. The Bertz CT molecular complexity index is 704. The van der Waals surface area contributed by atoms with Gasteiger partial charge >= 0.3 is 0 Å². The zero-order valence-corrected chi connectivity index (χ0v) is 14.4. The number of carbonyl (C=O) groups excluding carboxylic acids is 1. The van der Waals surface area contributed by atoms with Crippen LogP contribution in [0.5, 0.6) is 5.75 Å². The average molecular weight is 325 g/mol. The fourth-order valence-corrected chi connectivity index (χ4v) is 3.23. The summed E-state index contributed by atoms with van der Waals surface area (Å²) < 4.78 is 11.0. The minimum Gasteiger partial charge on any atom is -0.496 e. The van der Waals surface area contributed by atoms with E-state index in [9.17, 15) is 4.79 Å². The van der Waals surface area contributed by atoms with Gasteiger partial charge in [-0.05, 0) is 37.1 Å². The third-order valence-corrected chi connectivity index (χ3v) is 4.44. The van der Waals surface area contributed by atoms with Crippen LogP contribution in [0.25, 0.3) is 11.1 Å². The van der Waals surface area contributed by atoms with Crippen molar-refractivity contribution in [1.29, 1.82) is 0 Å². The van der Waals surface area contributed by atoms with Crippen molar-refractivity contribution in [3.05, 3.63) is 54.1 Å². The zero-order valence-electron chi connectivity index (χ0n) is 14.4. The molecule has 3 rings (SSSR count). The number of amides is 1. The van der Waals surface area contributed by atoms with Crippen LogP contribution in [0.2, 0.25) is 0 Å². The van der Waals surface area contributed by atoms with Gasteiger partial charge in [-0.2, -0.15) is 0 Å². The maximum Gasteiger partial charge on any atom is 0.258 e. The van der Waals surface area contributed by atoms with E-state index in [0.717, 1.165) is 11.1 Å². The molecule has 4 nitrogen and oxygen atoms in total. The van der Waals surface area contributed by atoms with Gasteiger partial charge in [0.15, 0.2) is 0 Å². The number of methoxy groups -OCH3 is 1. The highest BCUT2D eigenvalue weighted by molar-refractivity contribution is 5.98. The monoisotopic (exact) mass is 325 g/mol. The molecule has 0 N–H and O–H groups in total. The van der Waals surface area contributed by atoms with E-state index in [1.165, 1.54) is 0 Å². The van der Waals surface area contributed by atoms with E-state index < -0.39 is 0 Å². The molecule has 0 aliphatic carbocycles. The molecule has 0 saturated carbocycles. The Kier molecular flexibility index (Phi) is 4.86. The summed E-state index contributed by atoms with van der Waals surface area (Å²) in [5.41, 5.74) is 2.69. The molecule has 2 aromatic rings. The van der Waals surface area contributed by atoms with Gasteiger partial charge < -0.3 is 14.4 Å². The van der Waals surface area contributed by atoms with Crippen LogP contribution in [0.15, 0.2) is 48.5 Å². The van der Waals surface area contributed by atoms with Crippen molar-refractivity contribution >= 4 is 5.91 Å². The summed E-state index contributed by atoms with van der Waals surface area (Å²) in [5.74, 6) is 0.596. The summed E-state index contributed by atoms with van der Waals surface area (Å²) in [6.45, 7) is 5.16. The molecule has 2 aromatic carbocycles. The number of ether oxygens (including phenoxy) is 2. The molecule has 24 heavy (non-hydrogen) atoms. The van der Waals surface area contributed by atoms with Gasteiger partial charge in [-0.15, -0.1) is 0 Å². The van der Waals surface area contributed by atoms with Crippen molar-refractivity contribution in [3.8, 4) is 16.9 Å². The highest BCUT2D eigenvalue weighted by Crippen LogP contribution is 2.29. The largest absolute Gasteiger partial charge is 0.496 e. The molecule has 2 atom stereocenters. The molecule has 1 aliphatic rings. The van der Waals surface area contributed by atoms with Crippen LogP contribution in [0.4, 0.5) is 0 Å². The Morgan fingerprint density at radius 1 is 1.04 bits per heavy atom. The highest BCUT2D eigenvalue weighted by atomic mass is 16.5. The summed E-state index contributed by atoms with van der Waals surface area (Å²) in [6, 6.07) is 15.9. The predicted molar refractivity (Wildman–Crippen MR) is 94.3 cm³/mol. The second kappa shape index (κ2) is 7.05. The van der Waals surface area contributed by atoms with Crippen molar-refractivity contribution in [2.24, 2.45) is 0 Å². The summed E-state index contributed by atoms with van der Waals surface area (Å²) >= 11 is 0. The molecule has 0 bridgehead atoms. The Morgan fingerprint density at radius 3 is 2.33 bits per heavy atom. The lowest BCUT2D eigenvalue weighted by Crippen LogP contribution is -2.52. The molecule has 0 spiro atoms. The van der Waals surface area contributed by atoms with Crippen LogP contribution in [0.1, 0.15) is 24.2 Å². The number of benzene rings is 2. The lowest BCUT2D eigenvalue weighted by molar-refractivity contribution is -0.0250. The van der Waals surface area contributed by atoms with Gasteiger partial charge in [-0.1, -0.05) is 36.4 Å². The van der Waals surface area contributed by atoms with Crippen molar-refractivity contribution in [2.75, 3.05) is 20.3 Å². The van der Waals surface area contributed by atoms with Crippen molar-refractivity contribution in [2.45, 2.75) is 25.9 Å². The van der Waals surface area contributed by atoms with E-state index in [4.69, 9.17) is 9.47 Å². The summed E-state index contributed by atoms with van der Waals surface area (Å²) in [7, 11) is 1.60. The molecule has 0 aromatic heterocycles. The average Bonchev–Trinajstić information content (AvgIpc) is 2.61. The second-order valence-electron chi connectivity index (χ2n) is 6.23. The number of hydrogen-bond donors (Lipinski definition) is 0. The SMILES string of the molecule is COc1ccc(-c2ccccc2)cc1C(=O)N1C(C)COCC1C. The van der Waals surface area contributed by atoms with Crippen LogP contribution in [-0.4, -0.2) is 43.2 Å². The molecule has 1 heterocycles. The van der Waals surface area contributed by atoms with E-state index in [-0.39, 0.29) is 18.0 Å². The summed E-state index contributed by atoms with van der Waals surface area (Å²) in [4.78, 5) is 15.1. The van der Waals surface area contributed by atoms with Crippen LogP contribution in [-0.2, 0) is 4.74 Å². The van der Waals surface area contributed by atoms with Gasteiger partial charge in [0, 0.05) is 0 Å². The van der Waals surface area contributed by atoms with Gasteiger partial charge in [-0.3, -0.25) is 4.79 Å². The lowest BCUT2D eigenvalue weighted by Gasteiger charge is -2.39. The van der Waals surface area contributed by atoms with E-state index in [1.54, 1.807) is 7.11 Å². The maximum atomic E-state index is 13.2. The molecule has 126 valence electrons. The van der Waals surface area contributed by atoms with Gasteiger partial charge in [-0.25, -0.2) is 0 Å². The van der Waals surface area contributed by atoms with E-state index in [2.05, 4.69) is 0 Å². The first-order valence-corrected chi connectivity index (χ1v) is 8.25. The molecule has 4 heteroatoms. The number of morpholine rings is 1. The minimum atomic E-state index is -0.00655. The Balaban J connectivity index is 2.00. The molecular weight excluding hydrogens is 302 g/mol.